The van der Waals surface area contributed by atoms with Gasteiger partial charge in [-0.25, -0.2) is 0 Å². The van der Waals surface area contributed by atoms with Gasteiger partial charge in [-0.15, -0.1) is 0 Å². The van der Waals surface area contributed by atoms with Crippen molar-refractivity contribution in [2.45, 2.75) is 32.7 Å². The van der Waals surface area contributed by atoms with Crippen molar-refractivity contribution in [2.75, 3.05) is 13.6 Å². The lowest BCUT2D eigenvalue weighted by Crippen LogP contribution is -2.20. The van der Waals surface area contributed by atoms with E-state index >= 15 is 0 Å². The van der Waals surface area contributed by atoms with Crippen LogP contribution in [0.1, 0.15) is 31.5 Å². The summed E-state index contributed by atoms with van der Waals surface area (Å²) in [5.41, 5.74) is 0. The maximum atomic E-state index is 10.3. The summed E-state index contributed by atoms with van der Waals surface area (Å²) >= 11 is 0. The first-order valence-electron chi connectivity index (χ1n) is 5.33. The maximum Gasteiger partial charge on any atom is 0.303 e. The highest BCUT2D eigenvalue weighted by Gasteiger charge is 2.08. The highest BCUT2D eigenvalue weighted by Crippen LogP contribution is 2.02. The van der Waals surface area contributed by atoms with Crippen LogP contribution in [0.25, 0.3) is 0 Å². The molecule has 0 aliphatic carbocycles. The Kier molecular flexibility index (Phi) is 4.91. The van der Waals surface area contributed by atoms with Gasteiger partial charge in [0.25, 0.3) is 0 Å². The van der Waals surface area contributed by atoms with E-state index in [-0.39, 0.29) is 6.42 Å². The number of aryl methyl sites for hydroxylation is 1. The molecule has 0 unspecified atom stereocenters. The van der Waals surface area contributed by atoms with Crippen LogP contribution < -0.4 is 0 Å². The molecule has 0 fully saturated rings. The highest BCUT2D eigenvalue weighted by molar-refractivity contribution is 5.66. The van der Waals surface area contributed by atoms with Gasteiger partial charge in [0.05, 0.1) is 6.54 Å². The van der Waals surface area contributed by atoms with Crippen LogP contribution in [0.2, 0.25) is 0 Å². The molecule has 0 aromatic carbocycles. The van der Waals surface area contributed by atoms with Crippen molar-refractivity contribution in [1.82, 2.24) is 15.0 Å². The van der Waals surface area contributed by atoms with Gasteiger partial charge < -0.3 is 9.63 Å². The van der Waals surface area contributed by atoms with Crippen molar-refractivity contribution in [3.8, 4) is 0 Å². The van der Waals surface area contributed by atoms with Gasteiger partial charge in [-0.3, -0.25) is 9.69 Å². The van der Waals surface area contributed by atoms with E-state index in [1.165, 1.54) is 0 Å². The van der Waals surface area contributed by atoms with Crippen molar-refractivity contribution in [3.05, 3.63) is 11.7 Å². The number of carboxylic acid groups (broad SMARTS) is 1. The lowest BCUT2D eigenvalue weighted by Gasteiger charge is -2.12. The number of aliphatic carboxylic acids is 1. The fourth-order valence-electron chi connectivity index (χ4n) is 1.31. The Bertz CT molecular complexity index is 338. The molecule has 6 nitrogen and oxygen atoms in total. The molecule has 0 atom stereocenters. The van der Waals surface area contributed by atoms with Crippen molar-refractivity contribution < 1.29 is 14.4 Å². The summed E-state index contributed by atoms with van der Waals surface area (Å²) < 4.78 is 5.03. The smallest absolute Gasteiger partial charge is 0.303 e. The molecule has 90 valence electrons. The largest absolute Gasteiger partial charge is 0.481 e. The van der Waals surface area contributed by atoms with E-state index in [1.807, 2.05) is 18.9 Å². The van der Waals surface area contributed by atoms with Crippen molar-refractivity contribution in [2.24, 2.45) is 0 Å². The van der Waals surface area contributed by atoms with Crippen molar-refractivity contribution in [3.63, 3.8) is 0 Å². The second-order valence-corrected chi connectivity index (χ2v) is 3.69. The maximum absolute atomic E-state index is 10.3. The molecule has 0 aliphatic rings. The molecule has 0 saturated heterocycles. The number of carboxylic acids is 1. The van der Waals surface area contributed by atoms with Gasteiger partial charge in [-0.1, -0.05) is 12.1 Å². The van der Waals surface area contributed by atoms with Crippen molar-refractivity contribution >= 4 is 5.97 Å². The van der Waals surface area contributed by atoms with Crippen LogP contribution in [0.3, 0.4) is 0 Å². The molecule has 1 aromatic heterocycles. The molecule has 0 aliphatic heterocycles. The molecule has 0 saturated carbocycles. The average Bonchev–Trinajstić information content (AvgIpc) is 2.65. The number of aromatic nitrogens is 2. The van der Waals surface area contributed by atoms with Crippen LogP contribution in [-0.2, 0) is 17.8 Å². The molecular formula is C10H17N3O3. The Morgan fingerprint density at radius 2 is 2.31 bits per heavy atom. The zero-order chi connectivity index (χ0) is 12.0. The first-order valence-corrected chi connectivity index (χ1v) is 5.33. The minimum atomic E-state index is -0.764. The topological polar surface area (TPSA) is 79.5 Å². The average molecular weight is 227 g/mol. The fraction of sp³-hybridized carbons (Fsp3) is 0.700. The van der Waals surface area contributed by atoms with Gasteiger partial charge in [0.1, 0.15) is 0 Å². The molecule has 1 N–H and O–H groups in total. The minimum absolute atomic E-state index is 0.189. The number of nitrogens with zero attached hydrogens (tertiary/aromatic N) is 3. The molecule has 1 heterocycles. The Hall–Kier alpha value is -1.43. The van der Waals surface area contributed by atoms with Crippen LogP contribution in [0, 0.1) is 0 Å². The SMILES string of the molecule is CCc1noc(CN(C)CCCC(=O)O)n1. The number of hydrogen-bond acceptors (Lipinski definition) is 5. The zero-order valence-electron chi connectivity index (χ0n) is 9.64. The highest BCUT2D eigenvalue weighted by atomic mass is 16.5. The summed E-state index contributed by atoms with van der Waals surface area (Å²) in [5, 5.41) is 12.3. The predicted octanol–water partition coefficient (Wildman–Crippen LogP) is 0.929. The van der Waals surface area contributed by atoms with Crippen LogP contribution in [-0.4, -0.2) is 39.7 Å². The van der Waals surface area contributed by atoms with Gasteiger partial charge in [-0.05, 0) is 20.0 Å². The van der Waals surface area contributed by atoms with Gasteiger partial charge in [0.15, 0.2) is 5.82 Å². The van der Waals surface area contributed by atoms with E-state index in [4.69, 9.17) is 9.63 Å². The van der Waals surface area contributed by atoms with Gasteiger partial charge in [0, 0.05) is 12.8 Å². The third-order valence-corrected chi connectivity index (χ3v) is 2.16. The van der Waals surface area contributed by atoms with Crippen molar-refractivity contribution in [1.29, 1.82) is 0 Å². The van der Waals surface area contributed by atoms with Gasteiger partial charge in [-0.2, -0.15) is 4.98 Å². The molecule has 1 rings (SSSR count). The third kappa shape index (κ3) is 4.39. The van der Waals surface area contributed by atoms with Crippen LogP contribution in [0.5, 0.6) is 0 Å². The summed E-state index contributed by atoms with van der Waals surface area (Å²) in [6, 6.07) is 0. The number of carbonyl (C=O) groups is 1. The van der Waals surface area contributed by atoms with Crippen LogP contribution in [0.15, 0.2) is 4.52 Å². The molecule has 6 heteroatoms. The van der Waals surface area contributed by atoms with Gasteiger partial charge >= 0.3 is 5.97 Å². The summed E-state index contributed by atoms with van der Waals surface area (Å²) in [5.74, 6) is 0.517. The number of hydrogen-bond donors (Lipinski definition) is 1. The summed E-state index contributed by atoms with van der Waals surface area (Å²) in [6.45, 7) is 3.23. The van der Waals surface area contributed by atoms with E-state index < -0.39 is 5.97 Å². The quantitative estimate of drug-likeness (QED) is 0.746. The van der Waals surface area contributed by atoms with E-state index in [1.54, 1.807) is 0 Å². The second kappa shape index (κ2) is 6.22. The fourth-order valence-corrected chi connectivity index (χ4v) is 1.31. The lowest BCUT2D eigenvalue weighted by molar-refractivity contribution is -0.137. The monoisotopic (exact) mass is 227 g/mol. The summed E-state index contributed by atoms with van der Waals surface area (Å²) in [4.78, 5) is 16.5. The molecule has 1 aromatic rings. The Balaban J connectivity index is 2.28. The zero-order valence-corrected chi connectivity index (χ0v) is 9.64. The Morgan fingerprint density at radius 3 is 2.88 bits per heavy atom. The molecular weight excluding hydrogens is 210 g/mol. The normalized spacial score (nSPS) is 10.9. The molecule has 0 amide bonds. The van der Waals surface area contributed by atoms with E-state index in [0.717, 1.165) is 6.42 Å². The Morgan fingerprint density at radius 1 is 1.56 bits per heavy atom. The molecule has 0 bridgehead atoms. The first kappa shape index (κ1) is 12.6. The van der Waals surface area contributed by atoms with E-state index in [9.17, 15) is 4.79 Å². The Labute approximate surface area is 94.3 Å². The first-order chi connectivity index (χ1) is 7.61. The van der Waals surface area contributed by atoms with Crippen LogP contribution in [0.4, 0.5) is 0 Å². The van der Waals surface area contributed by atoms with E-state index in [0.29, 0.717) is 31.2 Å². The lowest BCUT2D eigenvalue weighted by atomic mass is 10.3. The number of rotatable bonds is 7. The predicted molar refractivity (Wildman–Crippen MR) is 56.9 cm³/mol. The minimum Gasteiger partial charge on any atom is -0.481 e. The second-order valence-electron chi connectivity index (χ2n) is 3.69. The van der Waals surface area contributed by atoms with E-state index in [2.05, 4.69) is 10.1 Å². The third-order valence-electron chi connectivity index (χ3n) is 2.16. The van der Waals surface area contributed by atoms with Gasteiger partial charge in [0.2, 0.25) is 5.89 Å². The molecule has 0 spiro atoms. The van der Waals surface area contributed by atoms with Crippen LogP contribution >= 0.6 is 0 Å². The molecule has 16 heavy (non-hydrogen) atoms. The summed E-state index contributed by atoms with van der Waals surface area (Å²) in [6.07, 6.45) is 1.57. The molecule has 0 radical (unpaired) electrons. The summed E-state index contributed by atoms with van der Waals surface area (Å²) in [7, 11) is 1.90. The standard InChI is InChI=1S/C10H17N3O3/c1-3-8-11-9(16-12-8)7-13(2)6-4-5-10(14)15/h3-7H2,1-2H3,(H,14,15).